The molecule has 0 radical (unpaired) electrons. The van der Waals surface area contributed by atoms with E-state index in [1.165, 1.54) is 7.11 Å². The Morgan fingerprint density at radius 3 is 2.68 bits per heavy atom. The second-order valence-corrected chi connectivity index (χ2v) is 5.96. The van der Waals surface area contributed by atoms with E-state index in [-0.39, 0.29) is 5.91 Å². The maximum absolute atomic E-state index is 12.8. The van der Waals surface area contributed by atoms with Crippen LogP contribution in [0, 0.1) is 6.92 Å². The Balaban J connectivity index is 1.97. The first-order chi connectivity index (χ1) is 12.0. The van der Waals surface area contributed by atoms with Crippen molar-refractivity contribution in [2.24, 2.45) is 7.05 Å². The second-order valence-electron chi connectivity index (χ2n) is 5.56. The lowest BCUT2D eigenvalue weighted by Crippen LogP contribution is -2.13. The number of benzene rings is 1. The van der Waals surface area contributed by atoms with E-state index >= 15 is 0 Å². The average Bonchev–Trinajstić information content (AvgIpc) is 3.00. The molecule has 0 unspecified atom stereocenters. The third-order valence-corrected chi connectivity index (χ3v) is 4.16. The number of halogens is 1. The quantitative estimate of drug-likeness (QED) is 0.773. The van der Waals surface area contributed by atoms with Gasteiger partial charge in [0.25, 0.3) is 5.91 Å². The second kappa shape index (κ2) is 6.94. The van der Waals surface area contributed by atoms with Crippen molar-refractivity contribution in [1.29, 1.82) is 0 Å². The van der Waals surface area contributed by atoms with Crippen LogP contribution in [0.1, 0.15) is 15.9 Å². The zero-order valence-electron chi connectivity index (χ0n) is 14.1. The summed E-state index contributed by atoms with van der Waals surface area (Å²) in [5.74, 6) is 0.221. The monoisotopic (exact) mass is 356 g/mol. The molecule has 0 spiro atoms. The van der Waals surface area contributed by atoms with Gasteiger partial charge in [0.1, 0.15) is 11.4 Å². The number of carbonyl (C=O) groups excluding carboxylic acids is 1. The molecule has 0 fully saturated rings. The highest BCUT2D eigenvalue weighted by Gasteiger charge is 2.19. The molecule has 1 amide bonds. The van der Waals surface area contributed by atoms with Crippen LogP contribution in [0.5, 0.6) is 5.75 Å². The van der Waals surface area contributed by atoms with Crippen molar-refractivity contribution in [2.75, 3.05) is 12.4 Å². The van der Waals surface area contributed by atoms with Crippen LogP contribution in [0.3, 0.4) is 0 Å². The Morgan fingerprint density at radius 1 is 1.28 bits per heavy atom. The number of amides is 1. The van der Waals surface area contributed by atoms with Crippen molar-refractivity contribution in [3.8, 4) is 17.0 Å². The Hall–Kier alpha value is -2.86. The molecule has 0 aliphatic rings. The predicted molar refractivity (Wildman–Crippen MR) is 97.1 cm³/mol. The Kier molecular flexibility index (Phi) is 4.72. The van der Waals surface area contributed by atoms with Gasteiger partial charge in [-0.15, -0.1) is 0 Å². The van der Waals surface area contributed by atoms with E-state index in [0.717, 1.165) is 11.1 Å². The first-order valence-corrected chi connectivity index (χ1v) is 7.97. The van der Waals surface area contributed by atoms with Crippen LogP contribution in [-0.2, 0) is 7.05 Å². The molecular weight excluding hydrogens is 340 g/mol. The number of nitrogens with zero attached hydrogens (tertiary/aromatic N) is 3. The van der Waals surface area contributed by atoms with Crippen LogP contribution in [0.4, 0.5) is 5.69 Å². The van der Waals surface area contributed by atoms with Gasteiger partial charge in [0.15, 0.2) is 0 Å². The number of aryl methyl sites for hydroxylation is 2. The number of rotatable bonds is 4. The fraction of sp³-hybridized carbons (Fsp3) is 0.167. The van der Waals surface area contributed by atoms with Gasteiger partial charge in [-0.05, 0) is 30.7 Å². The standard InChI is InChI=1S/C18H17ClN4O2/c1-11-8-15(16(25-3)9-14(11)19)21-18(24)13-10-23(2)22-17(13)12-4-6-20-7-5-12/h4-10H,1-3H3,(H,21,24). The minimum absolute atomic E-state index is 0.278. The maximum atomic E-state index is 12.8. The Morgan fingerprint density at radius 2 is 2.00 bits per heavy atom. The van der Waals surface area contributed by atoms with Crippen LogP contribution in [0.2, 0.25) is 5.02 Å². The molecule has 0 aliphatic heterocycles. The van der Waals surface area contributed by atoms with Gasteiger partial charge in [-0.3, -0.25) is 14.5 Å². The van der Waals surface area contributed by atoms with Crippen LogP contribution in [-0.4, -0.2) is 27.8 Å². The summed E-state index contributed by atoms with van der Waals surface area (Å²) >= 11 is 6.11. The van der Waals surface area contributed by atoms with Crippen molar-refractivity contribution in [3.05, 3.63) is 59.0 Å². The van der Waals surface area contributed by atoms with Gasteiger partial charge in [0, 0.05) is 42.3 Å². The molecule has 128 valence electrons. The van der Waals surface area contributed by atoms with Crippen molar-refractivity contribution in [1.82, 2.24) is 14.8 Å². The summed E-state index contributed by atoms with van der Waals surface area (Å²) in [5, 5.41) is 7.85. The molecule has 3 rings (SSSR count). The smallest absolute Gasteiger partial charge is 0.259 e. The summed E-state index contributed by atoms with van der Waals surface area (Å²) in [6.07, 6.45) is 5.01. The third kappa shape index (κ3) is 3.49. The largest absolute Gasteiger partial charge is 0.495 e. The average molecular weight is 357 g/mol. The Bertz CT molecular complexity index is 922. The highest BCUT2D eigenvalue weighted by atomic mass is 35.5. The molecule has 2 heterocycles. The fourth-order valence-corrected chi connectivity index (χ4v) is 2.65. The lowest BCUT2D eigenvalue weighted by Gasteiger charge is -2.12. The van der Waals surface area contributed by atoms with Crippen molar-refractivity contribution >= 4 is 23.2 Å². The number of hydrogen-bond acceptors (Lipinski definition) is 4. The van der Waals surface area contributed by atoms with E-state index in [2.05, 4.69) is 15.4 Å². The van der Waals surface area contributed by atoms with Gasteiger partial charge in [-0.1, -0.05) is 11.6 Å². The van der Waals surface area contributed by atoms with Gasteiger partial charge in [-0.2, -0.15) is 5.10 Å². The van der Waals surface area contributed by atoms with Crippen LogP contribution < -0.4 is 10.1 Å². The summed E-state index contributed by atoms with van der Waals surface area (Å²) in [6, 6.07) is 7.08. The van der Waals surface area contributed by atoms with E-state index in [1.807, 2.05) is 19.1 Å². The highest BCUT2D eigenvalue weighted by molar-refractivity contribution is 6.31. The van der Waals surface area contributed by atoms with Gasteiger partial charge < -0.3 is 10.1 Å². The SMILES string of the molecule is COc1cc(Cl)c(C)cc1NC(=O)c1cn(C)nc1-c1ccncc1. The normalized spacial score (nSPS) is 10.6. The van der Waals surface area contributed by atoms with Crippen molar-refractivity contribution in [3.63, 3.8) is 0 Å². The molecule has 0 atom stereocenters. The van der Waals surface area contributed by atoms with Crippen LogP contribution >= 0.6 is 11.6 Å². The minimum atomic E-state index is -0.278. The minimum Gasteiger partial charge on any atom is -0.495 e. The summed E-state index contributed by atoms with van der Waals surface area (Å²) in [5.41, 5.74) is 3.27. The van der Waals surface area contributed by atoms with E-state index in [0.29, 0.717) is 27.7 Å². The van der Waals surface area contributed by atoms with E-state index in [4.69, 9.17) is 16.3 Å². The fourth-order valence-electron chi connectivity index (χ4n) is 2.50. The zero-order valence-corrected chi connectivity index (χ0v) is 14.8. The molecule has 7 heteroatoms. The number of pyridine rings is 1. The number of carbonyl (C=O) groups is 1. The van der Waals surface area contributed by atoms with Crippen LogP contribution in [0.25, 0.3) is 11.3 Å². The zero-order chi connectivity index (χ0) is 18.0. The molecule has 3 aromatic rings. The predicted octanol–water partition coefficient (Wildman–Crippen LogP) is 3.70. The number of ether oxygens (including phenoxy) is 1. The molecule has 0 saturated heterocycles. The summed E-state index contributed by atoms with van der Waals surface area (Å²) in [6.45, 7) is 1.86. The molecule has 0 saturated carbocycles. The number of aromatic nitrogens is 3. The molecule has 0 bridgehead atoms. The van der Waals surface area contributed by atoms with Crippen molar-refractivity contribution < 1.29 is 9.53 Å². The molecule has 2 aromatic heterocycles. The van der Waals surface area contributed by atoms with Gasteiger partial charge in [0.05, 0.1) is 18.4 Å². The van der Waals surface area contributed by atoms with Crippen LogP contribution in [0.15, 0.2) is 42.9 Å². The Labute approximate surface area is 150 Å². The van der Waals surface area contributed by atoms with E-state index < -0.39 is 0 Å². The van der Waals surface area contributed by atoms with Gasteiger partial charge in [0.2, 0.25) is 0 Å². The first-order valence-electron chi connectivity index (χ1n) is 7.59. The molecule has 1 N–H and O–H groups in total. The molecule has 25 heavy (non-hydrogen) atoms. The highest BCUT2D eigenvalue weighted by Crippen LogP contribution is 2.32. The lowest BCUT2D eigenvalue weighted by atomic mass is 10.1. The number of hydrogen-bond donors (Lipinski definition) is 1. The number of nitrogens with one attached hydrogen (secondary N) is 1. The maximum Gasteiger partial charge on any atom is 0.259 e. The molecular formula is C18H17ClN4O2. The molecule has 1 aromatic carbocycles. The van der Waals surface area contributed by atoms with Crippen molar-refractivity contribution in [2.45, 2.75) is 6.92 Å². The summed E-state index contributed by atoms with van der Waals surface area (Å²) in [7, 11) is 3.30. The molecule has 6 nitrogen and oxygen atoms in total. The summed E-state index contributed by atoms with van der Waals surface area (Å²) < 4.78 is 6.92. The van der Waals surface area contributed by atoms with Gasteiger partial charge >= 0.3 is 0 Å². The summed E-state index contributed by atoms with van der Waals surface area (Å²) in [4.78, 5) is 16.8. The first kappa shape index (κ1) is 17.0. The topological polar surface area (TPSA) is 69.0 Å². The number of anilines is 1. The van der Waals surface area contributed by atoms with E-state index in [1.54, 1.807) is 42.5 Å². The third-order valence-electron chi connectivity index (χ3n) is 3.76. The van der Waals surface area contributed by atoms with Gasteiger partial charge in [-0.25, -0.2) is 0 Å². The lowest BCUT2D eigenvalue weighted by molar-refractivity contribution is 0.102. The van der Waals surface area contributed by atoms with E-state index in [9.17, 15) is 4.79 Å². The number of methoxy groups -OCH3 is 1. The molecule has 0 aliphatic carbocycles.